The number of rotatable bonds is 6. The number of halogens is 6. The van der Waals surface area contributed by atoms with Crippen LogP contribution in [0.4, 0.5) is 26.3 Å². The molecule has 2 aromatic rings. The van der Waals surface area contributed by atoms with Gasteiger partial charge in [-0.2, -0.15) is 26.3 Å². The summed E-state index contributed by atoms with van der Waals surface area (Å²) >= 11 is 0.733. The predicted octanol–water partition coefficient (Wildman–Crippen LogP) is 3.55. The van der Waals surface area contributed by atoms with Crippen LogP contribution >= 0.6 is 11.3 Å². The minimum absolute atomic E-state index is 0.0146. The van der Waals surface area contributed by atoms with Crippen molar-refractivity contribution in [3.63, 3.8) is 0 Å². The van der Waals surface area contributed by atoms with Crippen LogP contribution in [0.3, 0.4) is 0 Å². The molecule has 3 N–H and O–H groups in total. The summed E-state index contributed by atoms with van der Waals surface area (Å²) in [6, 6.07) is 1.83. The maximum atomic E-state index is 13.4. The van der Waals surface area contributed by atoms with E-state index in [0.717, 1.165) is 30.2 Å². The van der Waals surface area contributed by atoms with Crippen LogP contribution in [-0.2, 0) is 10.3 Å². The summed E-state index contributed by atoms with van der Waals surface area (Å²) in [6.45, 7) is 3.33. The monoisotopic (exact) mass is 581 g/mol. The maximum absolute atomic E-state index is 13.4. The molecule has 0 bridgehead atoms. The highest BCUT2D eigenvalue weighted by atomic mass is 32.1. The number of likely N-dealkylation sites (tertiary alicyclic amines) is 1. The Hall–Kier alpha value is -2.75. The third-order valence-electron chi connectivity index (χ3n) is 6.87. The van der Waals surface area contributed by atoms with Crippen molar-refractivity contribution in [2.24, 2.45) is 0 Å². The molecule has 0 radical (unpaired) electrons. The highest BCUT2D eigenvalue weighted by molar-refractivity contribution is 7.17. The molecule has 2 amide bonds. The standard InChI is InChI=1S/C24H25F6N3O5S/c1-12-8-14(22(37,23(25,26)27)24(28,29)30)5-6-15(12)17-16(20(35)33-7-3-4-13(33)2)32-19(39-17)18(34)31-9-21(36)10-38-11-21/h5-6,8,13,36-37H,3-4,7,9-11H2,1-2H3,(H,31,34). The molecule has 3 heterocycles. The van der Waals surface area contributed by atoms with E-state index in [1.165, 1.54) is 11.8 Å². The maximum Gasteiger partial charge on any atom is 0.430 e. The van der Waals surface area contributed by atoms with E-state index in [1.807, 2.05) is 6.92 Å². The van der Waals surface area contributed by atoms with Crippen LogP contribution in [0.25, 0.3) is 10.4 Å². The van der Waals surface area contributed by atoms with Gasteiger partial charge in [0.25, 0.3) is 17.4 Å². The number of alkyl halides is 6. The van der Waals surface area contributed by atoms with Crippen molar-refractivity contribution in [3.05, 3.63) is 40.0 Å². The number of nitrogens with one attached hydrogen (secondary N) is 1. The fraction of sp³-hybridized carbons (Fsp3) is 0.542. The molecule has 4 rings (SSSR count). The minimum Gasteiger partial charge on any atom is -0.383 e. The van der Waals surface area contributed by atoms with Crippen LogP contribution < -0.4 is 5.32 Å². The Morgan fingerprint density at radius 3 is 2.33 bits per heavy atom. The molecule has 214 valence electrons. The van der Waals surface area contributed by atoms with Crippen molar-refractivity contribution in [1.29, 1.82) is 0 Å². The second-order valence-electron chi connectivity index (χ2n) is 9.82. The Morgan fingerprint density at radius 1 is 1.21 bits per heavy atom. The first-order chi connectivity index (χ1) is 18.0. The molecule has 2 fully saturated rings. The Labute approximate surface area is 222 Å². The van der Waals surface area contributed by atoms with Gasteiger partial charge in [-0.1, -0.05) is 18.2 Å². The molecule has 0 spiro atoms. The third kappa shape index (κ3) is 5.24. The molecule has 1 aromatic heterocycles. The summed E-state index contributed by atoms with van der Waals surface area (Å²) in [6.07, 6.45) is -10.7. The summed E-state index contributed by atoms with van der Waals surface area (Å²) < 4.78 is 85.3. The number of hydrogen-bond acceptors (Lipinski definition) is 7. The van der Waals surface area contributed by atoms with Crippen molar-refractivity contribution in [2.75, 3.05) is 26.3 Å². The van der Waals surface area contributed by atoms with Crippen molar-refractivity contribution in [2.45, 2.75) is 56.3 Å². The second-order valence-corrected chi connectivity index (χ2v) is 10.8. The number of aromatic nitrogens is 1. The number of hydrogen-bond donors (Lipinski definition) is 3. The van der Waals surface area contributed by atoms with E-state index in [4.69, 9.17) is 4.74 Å². The van der Waals surface area contributed by atoms with Gasteiger partial charge in [0.05, 0.1) is 24.6 Å². The van der Waals surface area contributed by atoms with Gasteiger partial charge in [0.2, 0.25) is 0 Å². The second kappa shape index (κ2) is 10.0. The van der Waals surface area contributed by atoms with Gasteiger partial charge < -0.3 is 25.2 Å². The fourth-order valence-electron chi connectivity index (χ4n) is 4.51. The lowest BCUT2D eigenvalue weighted by molar-refractivity contribution is -0.376. The summed E-state index contributed by atoms with van der Waals surface area (Å²) in [4.78, 5) is 32.0. The van der Waals surface area contributed by atoms with Crippen LogP contribution in [0, 0.1) is 6.92 Å². The number of nitrogens with zero attached hydrogens (tertiary/aromatic N) is 2. The average molecular weight is 582 g/mol. The smallest absolute Gasteiger partial charge is 0.383 e. The molecule has 1 atom stereocenters. The number of amides is 2. The third-order valence-corrected chi connectivity index (χ3v) is 7.95. The summed E-state index contributed by atoms with van der Waals surface area (Å²) in [7, 11) is 0. The zero-order valence-electron chi connectivity index (χ0n) is 20.7. The Bertz CT molecular complexity index is 1260. The zero-order valence-corrected chi connectivity index (χ0v) is 21.6. The van der Waals surface area contributed by atoms with Gasteiger partial charge in [0.1, 0.15) is 11.3 Å². The quantitative estimate of drug-likeness (QED) is 0.450. The first-order valence-electron chi connectivity index (χ1n) is 11.9. The predicted molar refractivity (Wildman–Crippen MR) is 126 cm³/mol. The number of carbonyl (C=O) groups is 2. The van der Waals surface area contributed by atoms with E-state index < -0.39 is 40.9 Å². The first kappa shape index (κ1) is 29.2. The van der Waals surface area contributed by atoms with E-state index in [2.05, 4.69) is 10.3 Å². The van der Waals surface area contributed by atoms with Gasteiger partial charge in [-0.25, -0.2) is 4.98 Å². The number of ether oxygens (including phenoxy) is 1. The lowest BCUT2D eigenvalue weighted by Gasteiger charge is -2.36. The normalized spacial score (nSPS) is 19.6. The minimum atomic E-state index is -6.06. The van der Waals surface area contributed by atoms with E-state index in [1.54, 1.807) is 0 Å². The summed E-state index contributed by atoms with van der Waals surface area (Å²) in [5.74, 6) is -1.27. The largest absolute Gasteiger partial charge is 0.430 e. The highest BCUT2D eigenvalue weighted by Gasteiger charge is 2.71. The number of carbonyl (C=O) groups excluding carboxylic acids is 2. The lowest BCUT2D eigenvalue weighted by Crippen LogP contribution is -2.56. The zero-order chi connectivity index (χ0) is 29.0. The Balaban J connectivity index is 1.76. The molecule has 0 aliphatic carbocycles. The van der Waals surface area contributed by atoms with Crippen LogP contribution in [-0.4, -0.2) is 82.2 Å². The Morgan fingerprint density at radius 2 is 1.85 bits per heavy atom. The van der Waals surface area contributed by atoms with Crippen molar-refractivity contribution in [3.8, 4) is 10.4 Å². The number of aryl methyl sites for hydroxylation is 1. The summed E-state index contributed by atoms with van der Waals surface area (Å²) in [5, 5.41) is 22.2. The van der Waals surface area contributed by atoms with Gasteiger partial charge >= 0.3 is 12.4 Å². The fourth-order valence-corrected chi connectivity index (χ4v) is 5.57. The molecule has 8 nitrogen and oxygen atoms in total. The lowest BCUT2D eigenvalue weighted by atomic mass is 9.89. The van der Waals surface area contributed by atoms with Crippen LogP contribution in [0.15, 0.2) is 18.2 Å². The van der Waals surface area contributed by atoms with Crippen LogP contribution in [0.1, 0.15) is 51.2 Å². The molecule has 15 heteroatoms. The molecular weight excluding hydrogens is 556 g/mol. The Kier molecular flexibility index (Phi) is 7.51. The molecule has 2 aliphatic heterocycles. The van der Waals surface area contributed by atoms with Gasteiger partial charge in [0, 0.05) is 18.2 Å². The van der Waals surface area contributed by atoms with Crippen molar-refractivity contribution < 1.29 is 50.9 Å². The molecule has 2 saturated heterocycles. The van der Waals surface area contributed by atoms with E-state index in [-0.39, 0.29) is 52.5 Å². The van der Waals surface area contributed by atoms with E-state index in [9.17, 15) is 46.1 Å². The number of thiazole rings is 1. The number of aliphatic hydroxyl groups is 2. The van der Waals surface area contributed by atoms with Gasteiger partial charge in [0.15, 0.2) is 5.01 Å². The molecule has 0 saturated carbocycles. The number of benzene rings is 1. The molecule has 1 aromatic carbocycles. The highest BCUT2D eigenvalue weighted by Crippen LogP contribution is 2.50. The summed E-state index contributed by atoms with van der Waals surface area (Å²) in [5.41, 5.74) is -8.02. The van der Waals surface area contributed by atoms with E-state index >= 15 is 0 Å². The SMILES string of the molecule is Cc1cc(C(O)(C(F)(F)F)C(F)(F)F)ccc1-c1sc(C(=O)NCC2(O)COC2)nc1C(=O)N1CCCC1C. The first-order valence-corrected chi connectivity index (χ1v) is 12.7. The molecule has 2 aliphatic rings. The van der Waals surface area contributed by atoms with Crippen molar-refractivity contribution in [1.82, 2.24) is 15.2 Å². The molecular formula is C24H25F6N3O5S. The van der Waals surface area contributed by atoms with Gasteiger partial charge in [-0.3, -0.25) is 9.59 Å². The molecule has 39 heavy (non-hydrogen) atoms. The average Bonchev–Trinajstić information content (AvgIpc) is 3.45. The van der Waals surface area contributed by atoms with Gasteiger partial charge in [-0.05, 0) is 37.8 Å². The molecule has 1 unspecified atom stereocenters. The van der Waals surface area contributed by atoms with E-state index in [0.29, 0.717) is 18.7 Å². The van der Waals surface area contributed by atoms with Crippen molar-refractivity contribution >= 4 is 23.2 Å². The topological polar surface area (TPSA) is 112 Å². The van der Waals surface area contributed by atoms with Gasteiger partial charge in [-0.15, -0.1) is 11.3 Å². The van der Waals surface area contributed by atoms with Crippen LogP contribution in [0.2, 0.25) is 0 Å². The van der Waals surface area contributed by atoms with Crippen LogP contribution in [0.5, 0.6) is 0 Å².